The molecular formula is C8H14ClN3O3. The van der Waals surface area contributed by atoms with Crippen LogP contribution >= 0.6 is 12.4 Å². The van der Waals surface area contributed by atoms with Crippen LogP contribution in [0.25, 0.3) is 0 Å². The summed E-state index contributed by atoms with van der Waals surface area (Å²) in [4.78, 5) is 11.2. The average Bonchev–Trinajstić information content (AvgIpc) is 2.17. The van der Waals surface area contributed by atoms with E-state index in [1.165, 1.54) is 0 Å². The van der Waals surface area contributed by atoms with E-state index >= 15 is 0 Å². The zero-order chi connectivity index (χ0) is 10.6. The maximum Gasteiger partial charge on any atom is 0.269 e. The maximum atomic E-state index is 11.2. The predicted molar refractivity (Wildman–Crippen MR) is 58.1 cm³/mol. The number of anilines is 1. The summed E-state index contributed by atoms with van der Waals surface area (Å²) in [5.74, 6) is 0. The van der Waals surface area contributed by atoms with Crippen molar-refractivity contribution in [2.45, 2.75) is 12.8 Å². The molecule has 1 aromatic heterocycles. The van der Waals surface area contributed by atoms with Gasteiger partial charge in [-0.15, -0.1) is 12.4 Å². The number of nitrogen functional groups attached to an aromatic ring is 1. The first-order chi connectivity index (χ1) is 6.70. The van der Waals surface area contributed by atoms with Gasteiger partial charge in [-0.1, -0.05) is 0 Å². The third kappa shape index (κ3) is 3.19. The second-order valence-electron chi connectivity index (χ2n) is 2.84. The lowest BCUT2D eigenvalue weighted by Crippen LogP contribution is -2.21. The summed E-state index contributed by atoms with van der Waals surface area (Å²) in [5.41, 5.74) is 6.30. The van der Waals surface area contributed by atoms with Crippen molar-refractivity contribution in [2.24, 2.45) is 0 Å². The van der Waals surface area contributed by atoms with Crippen LogP contribution in [0.3, 0.4) is 0 Å². The van der Waals surface area contributed by atoms with E-state index in [0.717, 1.165) is 0 Å². The number of hydrogen-bond donors (Lipinski definition) is 4. The number of H-pyrrole nitrogens is 1. The largest absolute Gasteiger partial charge is 0.397 e. The Bertz CT molecular complexity index is 367. The molecule has 1 heterocycles. The van der Waals surface area contributed by atoms with Gasteiger partial charge in [0.2, 0.25) is 0 Å². The van der Waals surface area contributed by atoms with E-state index in [1.54, 1.807) is 0 Å². The summed E-state index contributed by atoms with van der Waals surface area (Å²) in [6.45, 7) is -0.225. The number of aromatic nitrogens is 2. The Morgan fingerprint density at radius 3 is 2.40 bits per heavy atom. The molecule has 0 atom stereocenters. The van der Waals surface area contributed by atoms with Gasteiger partial charge in [0.05, 0.1) is 11.4 Å². The van der Waals surface area contributed by atoms with Crippen molar-refractivity contribution in [3.05, 3.63) is 21.6 Å². The van der Waals surface area contributed by atoms with Crippen molar-refractivity contribution in [3.63, 3.8) is 0 Å². The standard InChI is InChI=1S/C8H13N3O3.ClH/c9-7-5(1-3-12)8(14)11-10-6(7)2-4-13;/h12-13H,1-4H2,(H3,9,11,14);1H. The van der Waals surface area contributed by atoms with Crippen LogP contribution in [0.1, 0.15) is 11.3 Å². The Hall–Kier alpha value is -1.11. The molecule has 0 saturated carbocycles. The fraction of sp³-hybridized carbons (Fsp3) is 0.500. The molecule has 6 nitrogen and oxygen atoms in total. The van der Waals surface area contributed by atoms with E-state index in [1.807, 2.05) is 0 Å². The fourth-order valence-electron chi connectivity index (χ4n) is 1.20. The molecule has 0 radical (unpaired) electrons. The molecule has 0 aromatic carbocycles. The quantitative estimate of drug-likeness (QED) is 0.526. The van der Waals surface area contributed by atoms with Gasteiger partial charge < -0.3 is 15.9 Å². The lowest BCUT2D eigenvalue weighted by molar-refractivity contribution is 0.296. The molecular weight excluding hydrogens is 222 g/mol. The summed E-state index contributed by atoms with van der Waals surface area (Å²) >= 11 is 0. The van der Waals surface area contributed by atoms with E-state index in [9.17, 15) is 4.79 Å². The highest BCUT2D eigenvalue weighted by molar-refractivity contribution is 5.85. The molecule has 0 aliphatic carbocycles. The van der Waals surface area contributed by atoms with Crippen LogP contribution in [0.2, 0.25) is 0 Å². The van der Waals surface area contributed by atoms with Crippen molar-refractivity contribution < 1.29 is 10.2 Å². The molecule has 0 fully saturated rings. The predicted octanol–water partition coefficient (Wildman–Crippen LogP) is -1.16. The fourth-order valence-corrected chi connectivity index (χ4v) is 1.20. The van der Waals surface area contributed by atoms with Crippen molar-refractivity contribution in [1.82, 2.24) is 10.2 Å². The highest BCUT2D eigenvalue weighted by Gasteiger charge is 2.09. The Labute approximate surface area is 92.5 Å². The first kappa shape index (κ1) is 13.9. The molecule has 86 valence electrons. The van der Waals surface area contributed by atoms with Gasteiger partial charge in [-0.3, -0.25) is 4.79 Å². The first-order valence-corrected chi connectivity index (χ1v) is 4.28. The number of aliphatic hydroxyl groups is 2. The molecule has 0 aliphatic heterocycles. The molecule has 1 rings (SSSR count). The van der Waals surface area contributed by atoms with Gasteiger partial charge in [-0.05, 0) is 0 Å². The van der Waals surface area contributed by atoms with Crippen LogP contribution in [0.4, 0.5) is 5.69 Å². The number of nitrogens with zero attached hydrogens (tertiary/aromatic N) is 1. The minimum atomic E-state index is -0.391. The lowest BCUT2D eigenvalue weighted by atomic mass is 10.1. The van der Waals surface area contributed by atoms with Gasteiger partial charge in [-0.2, -0.15) is 5.10 Å². The Balaban J connectivity index is 0.00000196. The zero-order valence-corrected chi connectivity index (χ0v) is 8.88. The van der Waals surface area contributed by atoms with Crippen LogP contribution in [-0.2, 0) is 12.8 Å². The number of nitrogens with two attached hydrogens (primary N) is 1. The molecule has 0 bridgehead atoms. The number of nitrogens with one attached hydrogen (secondary N) is 1. The van der Waals surface area contributed by atoms with Crippen molar-refractivity contribution in [3.8, 4) is 0 Å². The van der Waals surface area contributed by atoms with E-state index < -0.39 is 5.56 Å². The second kappa shape index (κ2) is 6.39. The number of halogens is 1. The molecule has 0 aliphatic rings. The third-order valence-electron chi connectivity index (χ3n) is 1.91. The minimum Gasteiger partial charge on any atom is -0.397 e. The Morgan fingerprint density at radius 2 is 1.87 bits per heavy atom. The first-order valence-electron chi connectivity index (χ1n) is 4.28. The summed E-state index contributed by atoms with van der Waals surface area (Å²) < 4.78 is 0. The Kier molecular flexibility index (Phi) is 5.92. The topological polar surface area (TPSA) is 112 Å². The zero-order valence-electron chi connectivity index (χ0n) is 8.06. The minimum absolute atomic E-state index is 0. The molecule has 15 heavy (non-hydrogen) atoms. The lowest BCUT2D eigenvalue weighted by Gasteiger charge is -2.06. The number of aliphatic hydroxyl groups excluding tert-OH is 2. The summed E-state index contributed by atoms with van der Waals surface area (Å²) in [7, 11) is 0. The Morgan fingerprint density at radius 1 is 1.27 bits per heavy atom. The maximum absolute atomic E-state index is 11.2. The number of rotatable bonds is 4. The van der Waals surface area contributed by atoms with Crippen molar-refractivity contribution in [2.75, 3.05) is 18.9 Å². The molecule has 0 spiro atoms. The van der Waals surface area contributed by atoms with Gasteiger partial charge in [0.1, 0.15) is 0 Å². The normalized spacial score (nSPS) is 9.73. The van der Waals surface area contributed by atoms with E-state index in [4.69, 9.17) is 15.9 Å². The molecule has 0 saturated heterocycles. The number of aromatic amines is 1. The van der Waals surface area contributed by atoms with E-state index in [-0.39, 0.29) is 37.7 Å². The van der Waals surface area contributed by atoms with Crippen molar-refractivity contribution in [1.29, 1.82) is 0 Å². The smallest absolute Gasteiger partial charge is 0.269 e. The molecule has 5 N–H and O–H groups in total. The van der Waals surface area contributed by atoms with Gasteiger partial charge in [0, 0.05) is 31.6 Å². The third-order valence-corrected chi connectivity index (χ3v) is 1.91. The van der Waals surface area contributed by atoms with Crippen LogP contribution < -0.4 is 11.3 Å². The summed E-state index contributed by atoms with van der Waals surface area (Å²) in [6, 6.07) is 0. The van der Waals surface area contributed by atoms with Gasteiger partial charge in [0.15, 0.2) is 0 Å². The highest BCUT2D eigenvalue weighted by atomic mass is 35.5. The van der Waals surface area contributed by atoms with E-state index in [2.05, 4.69) is 10.2 Å². The van der Waals surface area contributed by atoms with Gasteiger partial charge >= 0.3 is 0 Å². The molecule has 0 unspecified atom stereocenters. The van der Waals surface area contributed by atoms with E-state index in [0.29, 0.717) is 17.7 Å². The van der Waals surface area contributed by atoms with Gasteiger partial charge in [0.25, 0.3) is 5.56 Å². The van der Waals surface area contributed by atoms with Crippen LogP contribution in [0.5, 0.6) is 0 Å². The van der Waals surface area contributed by atoms with Crippen LogP contribution in [0.15, 0.2) is 4.79 Å². The number of hydrogen-bond acceptors (Lipinski definition) is 5. The SMILES string of the molecule is Cl.Nc1c(CCO)n[nH]c(=O)c1CCO. The van der Waals surface area contributed by atoms with Gasteiger partial charge in [-0.25, -0.2) is 5.10 Å². The average molecular weight is 236 g/mol. The summed E-state index contributed by atoms with van der Waals surface area (Å²) in [5, 5.41) is 23.4. The molecule has 1 aromatic rings. The monoisotopic (exact) mass is 235 g/mol. The second-order valence-corrected chi connectivity index (χ2v) is 2.84. The van der Waals surface area contributed by atoms with Crippen LogP contribution in [-0.4, -0.2) is 33.6 Å². The summed E-state index contributed by atoms with van der Waals surface area (Å²) in [6.07, 6.45) is 0.489. The molecule has 0 amide bonds. The van der Waals surface area contributed by atoms with Crippen LogP contribution in [0, 0.1) is 0 Å². The highest BCUT2D eigenvalue weighted by Crippen LogP contribution is 2.11. The van der Waals surface area contributed by atoms with Crippen molar-refractivity contribution >= 4 is 18.1 Å². The molecule has 7 heteroatoms.